The number of anilines is 1. The summed E-state index contributed by atoms with van der Waals surface area (Å²) in [5, 5.41) is 8.23. The largest absolute Gasteiger partial charge is 0.489 e. The zero-order chi connectivity index (χ0) is 23.4. The van der Waals surface area contributed by atoms with E-state index in [1.54, 1.807) is 0 Å². The summed E-state index contributed by atoms with van der Waals surface area (Å²) >= 11 is 5.44. The summed E-state index contributed by atoms with van der Waals surface area (Å²) in [7, 11) is 0. The highest BCUT2D eigenvalue weighted by Gasteiger charge is 2.31. The van der Waals surface area contributed by atoms with Gasteiger partial charge in [0.05, 0.1) is 5.71 Å². The average molecular weight is 460 g/mol. The Bertz CT molecular complexity index is 1190. The highest BCUT2D eigenvalue weighted by molar-refractivity contribution is 7.80. The third kappa shape index (κ3) is 5.90. The highest BCUT2D eigenvalue weighted by atomic mass is 32.1. The SMILES string of the molecule is Cc1ccc(NC(=S)NN=C2CC(C)(C)Oc3ccc(OCc4ccccc4C)cc32)cc1. The molecule has 5 nitrogen and oxygen atoms in total. The molecule has 1 heterocycles. The Labute approximate surface area is 200 Å². The van der Waals surface area contributed by atoms with Gasteiger partial charge in [-0.2, -0.15) is 5.10 Å². The van der Waals surface area contributed by atoms with Crippen molar-refractivity contribution in [1.29, 1.82) is 0 Å². The van der Waals surface area contributed by atoms with E-state index in [1.165, 1.54) is 11.1 Å². The van der Waals surface area contributed by atoms with Crippen molar-refractivity contribution in [3.8, 4) is 11.5 Å². The Morgan fingerprint density at radius 2 is 1.82 bits per heavy atom. The van der Waals surface area contributed by atoms with Crippen molar-refractivity contribution in [3.05, 3.63) is 89.0 Å². The summed E-state index contributed by atoms with van der Waals surface area (Å²) in [6.07, 6.45) is 0.640. The first-order chi connectivity index (χ1) is 15.8. The van der Waals surface area contributed by atoms with Crippen molar-refractivity contribution in [3.63, 3.8) is 0 Å². The van der Waals surface area contributed by atoms with Gasteiger partial charge in [0.25, 0.3) is 0 Å². The monoisotopic (exact) mass is 459 g/mol. The lowest BCUT2D eigenvalue weighted by molar-refractivity contribution is 0.111. The van der Waals surface area contributed by atoms with Crippen LogP contribution in [-0.4, -0.2) is 16.4 Å². The number of nitrogens with one attached hydrogen (secondary N) is 2. The summed E-state index contributed by atoms with van der Waals surface area (Å²) in [4.78, 5) is 0. The number of benzene rings is 3. The molecule has 0 saturated carbocycles. The van der Waals surface area contributed by atoms with Gasteiger partial charge in [-0.05, 0) is 81.4 Å². The molecule has 0 aliphatic carbocycles. The van der Waals surface area contributed by atoms with Crippen LogP contribution < -0.4 is 20.2 Å². The van der Waals surface area contributed by atoms with Gasteiger partial charge in [-0.3, -0.25) is 5.43 Å². The van der Waals surface area contributed by atoms with E-state index in [0.717, 1.165) is 34.0 Å². The predicted molar refractivity (Wildman–Crippen MR) is 138 cm³/mol. The fraction of sp³-hybridized carbons (Fsp3) is 0.259. The van der Waals surface area contributed by atoms with Crippen molar-refractivity contribution in [2.45, 2.75) is 46.3 Å². The lowest BCUT2D eigenvalue weighted by atomic mass is 9.92. The molecule has 0 atom stereocenters. The van der Waals surface area contributed by atoms with E-state index in [4.69, 9.17) is 21.7 Å². The fourth-order valence-corrected chi connectivity index (χ4v) is 3.86. The van der Waals surface area contributed by atoms with Crippen LogP contribution in [0.5, 0.6) is 11.5 Å². The molecular formula is C27H29N3O2S. The second kappa shape index (κ2) is 9.63. The van der Waals surface area contributed by atoms with Gasteiger partial charge in [0.15, 0.2) is 5.11 Å². The van der Waals surface area contributed by atoms with Crippen LogP contribution in [0.2, 0.25) is 0 Å². The second-order valence-electron chi connectivity index (χ2n) is 8.90. The molecule has 170 valence electrons. The molecule has 0 saturated heterocycles. The van der Waals surface area contributed by atoms with Crippen molar-refractivity contribution < 1.29 is 9.47 Å². The Balaban J connectivity index is 1.51. The van der Waals surface area contributed by atoms with Gasteiger partial charge in [0, 0.05) is 17.7 Å². The lowest BCUT2D eigenvalue weighted by Crippen LogP contribution is -2.37. The van der Waals surface area contributed by atoms with Crippen molar-refractivity contribution in [2.75, 3.05) is 5.32 Å². The topological polar surface area (TPSA) is 54.9 Å². The maximum absolute atomic E-state index is 6.19. The number of fused-ring (bicyclic) bond motifs is 1. The average Bonchev–Trinajstić information content (AvgIpc) is 2.78. The van der Waals surface area contributed by atoms with Gasteiger partial charge in [0.2, 0.25) is 0 Å². The zero-order valence-electron chi connectivity index (χ0n) is 19.4. The van der Waals surface area contributed by atoms with Gasteiger partial charge in [-0.15, -0.1) is 0 Å². The third-order valence-electron chi connectivity index (χ3n) is 5.50. The van der Waals surface area contributed by atoms with E-state index >= 15 is 0 Å². The Morgan fingerprint density at radius 3 is 2.58 bits per heavy atom. The van der Waals surface area contributed by atoms with E-state index < -0.39 is 0 Å². The molecule has 1 aliphatic rings. The van der Waals surface area contributed by atoms with E-state index in [0.29, 0.717) is 18.1 Å². The van der Waals surface area contributed by atoms with Gasteiger partial charge in [-0.1, -0.05) is 42.0 Å². The Morgan fingerprint density at radius 1 is 1.06 bits per heavy atom. The van der Waals surface area contributed by atoms with Crippen LogP contribution in [0.25, 0.3) is 0 Å². The molecule has 4 rings (SSSR count). The standard InChI is InChI=1S/C27H29N3O2S/c1-18-9-11-21(12-10-18)28-26(33)30-29-24-16-27(3,4)32-25-14-13-22(15-23(24)25)31-17-20-8-6-5-7-19(20)2/h5-15H,16-17H2,1-4H3,(H2,28,30,33). The zero-order valence-corrected chi connectivity index (χ0v) is 20.3. The first-order valence-electron chi connectivity index (χ1n) is 11.0. The summed E-state index contributed by atoms with van der Waals surface area (Å²) < 4.78 is 12.3. The molecule has 0 amide bonds. The van der Waals surface area contributed by atoms with Crippen LogP contribution >= 0.6 is 12.2 Å². The van der Waals surface area contributed by atoms with Crippen LogP contribution in [0.15, 0.2) is 71.8 Å². The minimum Gasteiger partial charge on any atom is -0.489 e. The summed E-state index contributed by atoms with van der Waals surface area (Å²) in [6, 6.07) is 22.1. The molecule has 1 aliphatic heterocycles. The van der Waals surface area contributed by atoms with Crippen LogP contribution in [0.3, 0.4) is 0 Å². The molecule has 0 radical (unpaired) electrons. The molecule has 3 aromatic carbocycles. The molecule has 0 unspecified atom stereocenters. The maximum Gasteiger partial charge on any atom is 0.191 e. The molecule has 0 aromatic heterocycles. The molecule has 0 spiro atoms. The molecule has 0 bridgehead atoms. The van der Waals surface area contributed by atoms with Crippen LogP contribution in [-0.2, 0) is 6.61 Å². The number of nitrogens with zero attached hydrogens (tertiary/aromatic N) is 1. The molecule has 33 heavy (non-hydrogen) atoms. The maximum atomic E-state index is 6.19. The van der Waals surface area contributed by atoms with E-state index in [9.17, 15) is 0 Å². The van der Waals surface area contributed by atoms with E-state index in [-0.39, 0.29) is 5.60 Å². The quantitative estimate of drug-likeness (QED) is 0.355. The number of aryl methyl sites for hydroxylation is 2. The predicted octanol–water partition coefficient (Wildman–Crippen LogP) is 6.13. The first kappa shape index (κ1) is 22.8. The highest BCUT2D eigenvalue weighted by Crippen LogP contribution is 2.35. The molecule has 2 N–H and O–H groups in total. The van der Waals surface area contributed by atoms with Gasteiger partial charge in [-0.25, -0.2) is 0 Å². The number of ether oxygens (including phenoxy) is 2. The summed E-state index contributed by atoms with van der Waals surface area (Å²) in [5.41, 5.74) is 8.88. The van der Waals surface area contributed by atoms with Gasteiger partial charge < -0.3 is 14.8 Å². The molecule has 3 aromatic rings. The van der Waals surface area contributed by atoms with Crippen molar-refractivity contribution >= 4 is 28.7 Å². The Hall–Kier alpha value is -3.38. The van der Waals surface area contributed by atoms with E-state index in [1.807, 2.05) is 54.6 Å². The first-order valence-corrected chi connectivity index (χ1v) is 11.4. The number of thiocarbonyl (C=S) groups is 1. The molecule has 6 heteroatoms. The summed E-state index contributed by atoms with van der Waals surface area (Å²) in [6.45, 7) is 8.75. The number of hydrazone groups is 1. The van der Waals surface area contributed by atoms with Crippen molar-refractivity contribution in [2.24, 2.45) is 5.10 Å². The van der Waals surface area contributed by atoms with Gasteiger partial charge in [0.1, 0.15) is 23.7 Å². The summed E-state index contributed by atoms with van der Waals surface area (Å²) in [5.74, 6) is 1.56. The van der Waals surface area contributed by atoms with Crippen LogP contribution in [0, 0.1) is 13.8 Å². The Kier molecular flexibility index (Phi) is 6.65. The fourth-order valence-electron chi connectivity index (χ4n) is 3.69. The normalized spacial score (nSPS) is 15.3. The second-order valence-corrected chi connectivity index (χ2v) is 9.31. The van der Waals surface area contributed by atoms with Crippen LogP contribution in [0.4, 0.5) is 5.69 Å². The minimum atomic E-state index is -0.372. The number of hydrogen-bond donors (Lipinski definition) is 2. The lowest BCUT2D eigenvalue weighted by Gasteiger charge is -2.33. The number of rotatable bonds is 5. The molecular weight excluding hydrogens is 430 g/mol. The van der Waals surface area contributed by atoms with Crippen LogP contribution in [0.1, 0.15) is 42.5 Å². The smallest absolute Gasteiger partial charge is 0.191 e. The molecule has 0 fully saturated rings. The minimum absolute atomic E-state index is 0.372. The van der Waals surface area contributed by atoms with Gasteiger partial charge >= 0.3 is 0 Å². The third-order valence-corrected chi connectivity index (χ3v) is 5.69. The number of hydrogen-bond acceptors (Lipinski definition) is 4. The van der Waals surface area contributed by atoms with Crippen molar-refractivity contribution in [1.82, 2.24) is 5.43 Å². The van der Waals surface area contributed by atoms with E-state index in [2.05, 4.69) is 55.7 Å².